The van der Waals surface area contributed by atoms with Crippen molar-refractivity contribution in [3.05, 3.63) is 107 Å². The molecule has 0 radical (unpaired) electrons. The highest BCUT2D eigenvalue weighted by atomic mass is 19.1. The third kappa shape index (κ3) is 3.07. The molecule has 0 aliphatic carbocycles. The molecule has 0 bridgehead atoms. The third-order valence-electron chi connectivity index (χ3n) is 5.24. The maximum absolute atomic E-state index is 14.3. The SMILES string of the molecule is O=C(ON1C(=O)c2ccccc2C1=O)c1cc2ccccc2n1Cc1ccccc1F. The maximum atomic E-state index is 14.3. The van der Waals surface area contributed by atoms with Gasteiger partial charge >= 0.3 is 5.97 Å². The summed E-state index contributed by atoms with van der Waals surface area (Å²) in [6, 6.07) is 21.3. The number of nitrogens with zero attached hydrogens (tertiary/aromatic N) is 2. The van der Waals surface area contributed by atoms with Crippen molar-refractivity contribution in [1.29, 1.82) is 0 Å². The molecule has 7 heteroatoms. The molecule has 0 atom stereocenters. The predicted octanol–water partition coefficient (Wildman–Crippen LogP) is 4.20. The Morgan fingerprint density at radius 1 is 0.839 bits per heavy atom. The van der Waals surface area contributed by atoms with Gasteiger partial charge in [0, 0.05) is 16.5 Å². The van der Waals surface area contributed by atoms with E-state index in [1.165, 1.54) is 18.2 Å². The Balaban J connectivity index is 1.52. The van der Waals surface area contributed by atoms with Crippen molar-refractivity contribution in [3.8, 4) is 0 Å². The largest absolute Gasteiger partial charge is 0.380 e. The molecule has 4 aromatic rings. The number of benzene rings is 3. The van der Waals surface area contributed by atoms with E-state index >= 15 is 0 Å². The van der Waals surface area contributed by atoms with Gasteiger partial charge in [-0.1, -0.05) is 53.6 Å². The summed E-state index contributed by atoms with van der Waals surface area (Å²) in [7, 11) is 0. The van der Waals surface area contributed by atoms with Crippen LogP contribution in [-0.4, -0.2) is 27.4 Å². The molecule has 0 unspecified atom stereocenters. The highest BCUT2D eigenvalue weighted by molar-refractivity contribution is 6.21. The van der Waals surface area contributed by atoms with Gasteiger partial charge in [-0.25, -0.2) is 9.18 Å². The monoisotopic (exact) mass is 414 g/mol. The van der Waals surface area contributed by atoms with Crippen LogP contribution in [0.3, 0.4) is 0 Å². The topological polar surface area (TPSA) is 68.6 Å². The fourth-order valence-electron chi connectivity index (χ4n) is 3.73. The van der Waals surface area contributed by atoms with Crippen LogP contribution < -0.4 is 0 Å². The van der Waals surface area contributed by atoms with Crippen LogP contribution in [0.2, 0.25) is 0 Å². The summed E-state index contributed by atoms with van der Waals surface area (Å²) in [5.41, 5.74) is 1.53. The van der Waals surface area contributed by atoms with Crippen LogP contribution in [0, 0.1) is 5.82 Å². The zero-order valence-corrected chi connectivity index (χ0v) is 16.1. The first-order valence-electron chi connectivity index (χ1n) is 9.56. The minimum Gasteiger partial charge on any atom is -0.330 e. The average Bonchev–Trinajstić information content (AvgIpc) is 3.27. The second kappa shape index (κ2) is 7.21. The summed E-state index contributed by atoms with van der Waals surface area (Å²) >= 11 is 0. The lowest BCUT2D eigenvalue weighted by Gasteiger charge is -2.15. The van der Waals surface area contributed by atoms with E-state index in [1.807, 2.05) is 12.1 Å². The van der Waals surface area contributed by atoms with Crippen molar-refractivity contribution in [2.45, 2.75) is 6.54 Å². The fraction of sp³-hybridized carbons (Fsp3) is 0.0417. The molecule has 1 aliphatic heterocycles. The Morgan fingerprint density at radius 3 is 2.16 bits per heavy atom. The van der Waals surface area contributed by atoms with Crippen LogP contribution in [0.25, 0.3) is 10.9 Å². The smallest absolute Gasteiger partial charge is 0.330 e. The summed E-state index contributed by atoms with van der Waals surface area (Å²) in [4.78, 5) is 43.3. The molecule has 0 N–H and O–H groups in total. The van der Waals surface area contributed by atoms with E-state index in [-0.39, 0.29) is 23.4 Å². The number of fused-ring (bicyclic) bond motifs is 2. The summed E-state index contributed by atoms with van der Waals surface area (Å²) in [6.45, 7) is 0.0761. The number of carbonyl (C=O) groups is 3. The molecule has 0 saturated carbocycles. The summed E-state index contributed by atoms with van der Waals surface area (Å²) in [6.07, 6.45) is 0. The second-order valence-electron chi connectivity index (χ2n) is 7.09. The normalized spacial score (nSPS) is 13.0. The number of aromatic nitrogens is 1. The molecule has 2 heterocycles. The van der Waals surface area contributed by atoms with Gasteiger partial charge in [0.1, 0.15) is 11.5 Å². The lowest BCUT2D eigenvalue weighted by Crippen LogP contribution is -2.33. The first-order chi connectivity index (χ1) is 15.0. The highest BCUT2D eigenvalue weighted by Gasteiger charge is 2.39. The van der Waals surface area contributed by atoms with Crippen molar-refractivity contribution in [2.24, 2.45) is 0 Å². The van der Waals surface area contributed by atoms with E-state index in [9.17, 15) is 18.8 Å². The summed E-state index contributed by atoms with van der Waals surface area (Å²) in [5, 5.41) is 1.21. The Hall–Kier alpha value is -4.26. The molecule has 1 aromatic heterocycles. The number of imide groups is 1. The lowest BCUT2D eigenvalue weighted by atomic mass is 10.1. The molecule has 0 spiro atoms. The standard InChI is InChI=1S/C24H15FN2O4/c25-19-11-5-1-8-16(19)14-26-20-12-6-2-7-15(20)13-21(26)24(30)31-27-22(28)17-9-3-4-10-18(17)23(27)29/h1-13H,14H2. The fourth-order valence-corrected chi connectivity index (χ4v) is 3.73. The van der Waals surface area contributed by atoms with Gasteiger partial charge in [-0.05, 0) is 30.3 Å². The minimum atomic E-state index is -0.887. The van der Waals surface area contributed by atoms with E-state index in [2.05, 4.69) is 0 Å². The summed E-state index contributed by atoms with van der Waals surface area (Å²) < 4.78 is 15.9. The Kier molecular flexibility index (Phi) is 4.36. The first-order valence-corrected chi connectivity index (χ1v) is 9.56. The zero-order chi connectivity index (χ0) is 21.5. The van der Waals surface area contributed by atoms with Crippen LogP contribution in [0.1, 0.15) is 36.8 Å². The zero-order valence-electron chi connectivity index (χ0n) is 16.1. The van der Waals surface area contributed by atoms with Gasteiger partial charge in [-0.15, -0.1) is 0 Å². The van der Waals surface area contributed by atoms with Crippen molar-refractivity contribution >= 4 is 28.7 Å². The Labute approximate surface area is 176 Å². The lowest BCUT2D eigenvalue weighted by molar-refractivity contribution is -0.0590. The average molecular weight is 414 g/mol. The Morgan fingerprint density at radius 2 is 1.45 bits per heavy atom. The van der Waals surface area contributed by atoms with Crippen molar-refractivity contribution in [3.63, 3.8) is 0 Å². The molecule has 2 amide bonds. The summed E-state index contributed by atoms with van der Waals surface area (Å²) in [5.74, 6) is -2.70. The molecular formula is C24H15FN2O4. The molecule has 0 fully saturated rings. The first kappa shape index (κ1) is 18.7. The molecule has 1 aliphatic rings. The van der Waals surface area contributed by atoms with Crippen LogP contribution in [0.15, 0.2) is 78.9 Å². The minimum absolute atomic E-state index is 0.0761. The van der Waals surface area contributed by atoms with Gasteiger partial charge in [0.15, 0.2) is 0 Å². The van der Waals surface area contributed by atoms with E-state index in [0.717, 1.165) is 5.39 Å². The number of amides is 2. The predicted molar refractivity (Wildman–Crippen MR) is 110 cm³/mol. The third-order valence-corrected chi connectivity index (χ3v) is 5.24. The number of hydrogen-bond donors (Lipinski definition) is 0. The van der Waals surface area contributed by atoms with E-state index in [1.54, 1.807) is 53.1 Å². The van der Waals surface area contributed by atoms with Crippen LogP contribution in [0.5, 0.6) is 0 Å². The number of rotatable bonds is 4. The maximum Gasteiger partial charge on any atom is 0.380 e. The van der Waals surface area contributed by atoms with Gasteiger partial charge in [0.05, 0.1) is 17.7 Å². The molecule has 6 nitrogen and oxygen atoms in total. The van der Waals surface area contributed by atoms with Crippen molar-refractivity contribution in [1.82, 2.24) is 9.63 Å². The van der Waals surface area contributed by atoms with Crippen LogP contribution in [-0.2, 0) is 11.4 Å². The number of hydrogen-bond acceptors (Lipinski definition) is 4. The molecular weight excluding hydrogens is 399 g/mol. The Bertz CT molecular complexity index is 1340. The van der Waals surface area contributed by atoms with Gasteiger partial charge in [0.25, 0.3) is 11.8 Å². The van der Waals surface area contributed by atoms with Crippen LogP contribution >= 0.6 is 0 Å². The van der Waals surface area contributed by atoms with E-state index in [0.29, 0.717) is 16.1 Å². The van der Waals surface area contributed by atoms with Gasteiger partial charge < -0.3 is 9.40 Å². The van der Waals surface area contributed by atoms with E-state index in [4.69, 9.17) is 4.84 Å². The van der Waals surface area contributed by atoms with Crippen molar-refractivity contribution in [2.75, 3.05) is 0 Å². The molecule has 152 valence electrons. The quantitative estimate of drug-likeness (QED) is 0.470. The number of halogens is 1. The molecule has 0 saturated heterocycles. The number of hydroxylamine groups is 2. The second-order valence-corrected chi connectivity index (χ2v) is 7.09. The van der Waals surface area contributed by atoms with Gasteiger partial charge in [0.2, 0.25) is 0 Å². The molecule has 31 heavy (non-hydrogen) atoms. The highest BCUT2D eigenvalue weighted by Crippen LogP contribution is 2.26. The molecule has 3 aromatic carbocycles. The van der Waals surface area contributed by atoms with E-state index < -0.39 is 23.6 Å². The number of carbonyl (C=O) groups excluding carboxylic acids is 3. The van der Waals surface area contributed by atoms with Crippen LogP contribution in [0.4, 0.5) is 4.39 Å². The molecule has 5 rings (SSSR count). The van der Waals surface area contributed by atoms with Gasteiger partial charge in [-0.3, -0.25) is 9.59 Å². The number of para-hydroxylation sites is 1. The van der Waals surface area contributed by atoms with Gasteiger partial charge in [-0.2, -0.15) is 0 Å². The van der Waals surface area contributed by atoms with Crippen molar-refractivity contribution < 1.29 is 23.6 Å².